The Balaban J connectivity index is 1.40. The third-order valence-electron chi connectivity index (χ3n) is 5.95. The van der Waals surface area contributed by atoms with Gasteiger partial charge < -0.3 is 10.3 Å². The first-order valence-corrected chi connectivity index (χ1v) is 12.0. The van der Waals surface area contributed by atoms with E-state index in [1.165, 1.54) is 16.5 Å². The van der Waals surface area contributed by atoms with E-state index < -0.39 is 0 Å². The van der Waals surface area contributed by atoms with Crippen LogP contribution < -0.4 is 5.32 Å². The highest BCUT2D eigenvalue weighted by Gasteiger charge is 2.16. The number of aromatic nitrogens is 2. The molecule has 1 amide bonds. The molecule has 0 saturated carbocycles. The highest BCUT2D eigenvalue weighted by atomic mass is 35.5. The molecule has 0 radical (unpaired) electrons. The van der Waals surface area contributed by atoms with Crippen molar-refractivity contribution in [2.45, 2.75) is 26.2 Å². The van der Waals surface area contributed by atoms with Gasteiger partial charge in [0, 0.05) is 27.7 Å². The van der Waals surface area contributed by atoms with E-state index in [1.54, 1.807) is 18.2 Å². The second-order valence-electron chi connectivity index (χ2n) is 8.44. The maximum Gasteiger partial charge on any atom is 0.224 e. The zero-order chi connectivity index (χ0) is 23.7. The molecule has 6 heteroatoms. The zero-order valence-electron chi connectivity index (χ0n) is 18.7. The SMILES string of the molecule is Cc1ccc2[nH]c(-c3ccc4ccccc4n3)c(CCCC(=O)Nc3ccc(Cl)cc3Cl)c2c1. The number of aryl methyl sites for hydroxylation is 2. The Hall–Kier alpha value is -3.34. The molecule has 0 aliphatic carbocycles. The molecule has 2 heterocycles. The average Bonchev–Trinajstić information content (AvgIpc) is 3.18. The summed E-state index contributed by atoms with van der Waals surface area (Å²) in [7, 11) is 0. The van der Waals surface area contributed by atoms with Crippen molar-refractivity contribution in [1.82, 2.24) is 9.97 Å². The summed E-state index contributed by atoms with van der Waals surface area (Å²) in [5.41, 5.74) is 6.88. The standard InChI is InChI=1S/C28H23Cl2N3O/c1-17-9-12-24-21(15-17)20(6-4-8-27(34)32-25-14-11-19(29)16-22(25)30)28(33-24)26-13-10-18-5-2-3-7-23(18)31-26/h2-3,5,7,9-16,33H,4,6,8H2,1H3,(H,32,34). The first kappa shape index (κ1) is 22.5. The number of nitrogens with zero attached hydrogens (tertiary/aromatic N) is 1. The van der Waals surface area contributed by atoms with Gasteiger partial charge in [-0.25, -0.2) is 4.98 Å². The monoisotopic (exact) mass is 487 g/mol. The second-order valence-corrected chi connectivity index (χ2v) is 9.29. The zero-order valence-corrected chi connectivity index (χ0v) is 20.2. The van der Waals surface area contributed by atoms with E-state index in [0.29, 0.717) is 28.6 Å². The van der Waals surface area contributed by atoms with Crippen LogP contribution in [0.25, 0.3) is 33.2 Å². The van der Waals surface area contributed by atoms with Gasteiger partial charge in [-0.3, -0.25) is 4.79 Å². The quantitative estimate of drug-likeness (QED) is 0.255. The minimum Gasteiger partial charge on any atom is -0.353 e. The average molecular weight is 488 g/mol. The maximum atomic E-state index is 12.6. The van der Waals surface area contributed by atoms with Gasteiger partial charge in [0.15, 0.2) is 0 Å². The summed E-state index contributed by atoms with van der Waals surface area (Å²) in [6.07, 6.45) is 1.82. The van der Waals surface area contributed by atoms with Gasteiger partial charge in [0.2, 0.25) is 5.91 Å². The molecule has 0 bridgehead atoms. The number of H-pyrrole nitrogens is 1. The third-order valence-corrected chi connectivity index (χ3v) is 6.50. The Morgan fingerprint density at radius 3 is 2.71 bits per heavy atom. The number of amides is 1. The highest BCUT2D eigenvalue weighted by Crippen LogP contribution is 2.32. The molecule has 5 rings (SSSR count). The third kappa shape index (κ3) is 4.65. The Labute approximate surface area is 207 Å². The van der Waals surface area contributed by atoms with Crippen LogP contribution in [0.15, 0.2) is 72.8 Å². The fourth-order valence-electron chi connectivity index (χ4n) is 4.27. The molecule has 0 spiro atoms. The van der Waals surface area contributed by atoms with Crippen LogP contribution in [0.1, 0.15) is 24.0 Å². The van der Waals surface area contributed by atoms with Crippen LogP contribution in [0.3, 0.4) is 0 Å². The van der Waals surface area contributed by atoms with Crippen molar-refractivity contribution >= 4 is 56.6 Å². The molecule has 2 N–H and O–H groups in total. The summed E-state index contributed by atoms with van der Waals surface area (Å²) in [4.78, 5) is 21.0. The predicted octanol–water partition coefficient (Wildman–Crippen LogP) is 7.96. The van der Waals surface area contributed by atoms with Crippen LogP contribution in [0.2, 0.25) is 10.0 Å². The van der Waals surface area contributed by atoms with E-state index in [0.717, 1.165) is 34.2 Å². The van der Waals surface area contributed by atoms with Crippen LogP contribution in [-0.2, 0) is 11.2 Å². The number of hydrogen-bond donors (Lipinski definition) is 2. The van der Waals surface area contributed by atoms with Crippen LogP contribution in [0.4, 0.5) is 5.69 Å². The van der Waals surface area contributed by atoms with Crippen molar-refractivity contribution in [3.8, 4) is 11.4 Å². The van der Waals surface area contributed by atoms with Gasteiger partial charge in [-0.1, -0.05) is 59.1 Å². The van der Waals surface area contributed by atoms with Crippen molar-refractivity contribution < 1.29 is 4.79 Å². The van der Waals surface area contributed by atoms with Gasteiger partial charge in [0.1, 0.15) is 0 Å². The van der Waals surface area contributed by atoms with Gasteiger partial charge in [0.25, 0.3) is 0 Å². The normalized spacial score (nSPS) is 11.3. The van der Waals surface area contributed by atoms with Crippen LogP contribution in [-0.4, -0.2) is 15.9 Å². The molecule has 0 unspecified atom stereocenters. The number of aromatic amines is 1. The topological polar surface area (TPSA) is 57.8 Å². The summed E-state index contributed by atoms with van der Waals surface area (Å²) in [5, 5.41) is 6.12. The molecule has 3 aromatic carbocycles. The number of carbonyl (C=O) groups is 1. The lowest BCUT2D eigenvalue weighted by Crippen LogP contribution is -2.11. The number of pyridine rings is 1. The molecule has 0 aliphatic heterocycles. The predicted molar refractivity (Wildman–Crippen MR) is 142 cm³/mol. The van der Waals surface area contributed by atoms with Crippen LogP contribution in [0.5, 0.6) is 0 Å². The van der Waals surface area contributed by atoms with Gasteiger partial charge in [-0.05, 0) is 67.8 Å². The molecule has 5 aromatic rings. The van der Waals surface area contributed by atoms with Gasteiger partial charge in [-0.2, -0.15) is 0 Å². The summed E-state index contributed by atoms with van der Waals surface area (Å²) in [6, 6.07) is 23.7. The number of benzene rings is 3. The van der Waals surface area contributed by atoms with Crippen molar-refractivity contribution in [3.63, 3.8) is 0 Å². The summed E-state index contributed by atoms with van der Waals surface area (Å²) in [5.74, 6) is -0.0781. The Kier molecular flexibility index (Phi) is 6.27. The maximum absolute atomic E-state index is 12.6. The molecular weight excluding hydrogens is 465 g/mol. The van der Waals surface area contributed by atoms with E-state index >= 15 is 0 Å². The van der Waals surface area contributed by atoms with Crippen LogP contribution in [0, 0.1) is 6.92 Å². The van der Waals surface area contributed by atoms with Crippen molar-refractivity contribution in [1.29, 1.82) is 0 Å². The van der Waals surface area contributed by atoms with E-state index in [1.807, 2.05) is 18.2 Å². The molecular formula is C28H23Cl2N3O. The van der Waals surface area contributed by atoms with E-state index in [9.17, 15) is 4.79 Å². The molecule has 0 aliphatic rings. The number of hydrogen-bond acceptors (Lipinski definition) is 2. The van der Waals surface area contributed by atoms with Gasteiger partial charge >= 0.3 is 0 Å². The Bertz CT molecular complexity index is 1520. The Morgan fingerprint density at radius 2 is 1.85 bits per heavy atom. The first-order valence-electron chi connectivity index (χ1n) is 11.2. The molecule has 0 atom stereocenters. The van der Waals surface area contributed by atoms with Crippen molar-refractivity contribution in [3.05, 3.63) is 94.0 Å². The number of para-hydroxylation sites is 1. The smallest absolute Gasteiger partial charge is 0.224 e. The number of rotatable bonds is 6. The highest BCUT2D eigenvalue weighted by molar-refractivity contribution is 6.36. The Morgan fingerprint density at radius 1 is 1.00 bits per heavy atom. The molecule has 34 heavy (non-hydrogen) atoms. The van der Waals surface area contributed by atoms with Gasteiger partial charge in [-0.15, -0.1) is 0 Å². The fourth-order valence-corrected chi connectivity index (χ4v) is 4.73. The lowest BCUT2D eigenvalue weighted by Gasteiger charge is -2.09. The lowest BCUT2D eigenvalue weighted by atomic mass is 10.0. The van der Waals surface area contributed by atoms with Crippen LogP contribution >= 0.6 is 23.2 Å². The summed E-state index contributed by atoms with van der Waals surface area (Å²) < 4.78 is 0. The molecule has 2 aromatic heterocycles. The first-order chi connectivity index (χ1) is 16.5. The molecule has 0 saturated heterocycles. The molecule has 4 nitrogen and oxygen atoms in total. The number of anilines is 1. The summed E-state index contributed by atoms with van der Waals surface area (Å²) in [6.45, 7) is 2.09. The minimum absolute atomic E-state index is 0.0781. The molecule has 0 fully saturated rings. The second kappa shape index (κ2) is 9.49. The minimum atomic E-state index is -0.0781. The summed E-state index contributed by atoms with van der Waals surface area (Å²) >= 11 is 12.1. The number of nitrogens with one attached hydrogen (secondary N) is 2. The van der Waals surface area contributed by atoms with E-state index in [2.05, 4.69) is 53.6 Å². The van der Waals surface area contributed by atoms with E-state index in [4.69, 9.17) is 28.2 Å². The molecule has 170 valence electrons. The number of carbonyl (C=O) groups excluding carboxylic acids is 1. The number of halogens is 2. The lowest BCUT2D eigenvalue weighted by molar-refractivity contribution is -0.116. The van der Waals surface area contributed by atoms with E-state index in [-0.39, 0.29) is 5.91 Å². The fraction of sp³-hybridized carbons (Fsp3) is 0.143. The number of fused-ring (bicyclic) bond motifs is 2. The largest absolute Gasteiger partial charge is 0.353 e. The van der Waals surface area contributed by atoms with Gasteiger partial charge in [0.05, 0.1) is 27.6 Å². The van der Waals surface area contributed by atoms with Crippen molar-refractivity contribution in [2.24, 2.45) is 0 Å². The van der Waals surface area contributed by atoms with Crippen molar-refractivity contribution in [2.75, 3.05) is 5.32 Å².